The van der Waals surface area contributed by atoms with Crippen molar-refractivity contribution in [3.8, 4) is 0 Å². The van der Waals surface area contributed by atoms with Gasteiger partial charge in [-0.2, -0.15) is 0 Å². The molecule has 4 heteroatoms. The van der Waals surface area contributed by atoms with Gasteiger partial charge in [0, 0.05) is 22.7 Å². The van der Waals surface area contributed by atoms with E-state index in [0.29, 0.717) is 5.75 Å². The highest BCUT2D eigenvalue weighted by molar-refractivity contribution is 8.04. The Labute approximate surface area is 96.9 Å². The molecular formula is C12H10N2OS. The summed E-state index contributed by atoms with van der Waals surface area (Å²) in [6.45, 7) is 0. The van der Waals surface area contributed by atoms with Crippen LogP contribution in [0.25, 0.3) is 17.0 Å². The Balaban J connectivity index is 2.04. The summed E-state index contributed by atoms with van der Waals surface area (Å²) in [5.74, 6) is 0.602. The number of hydrogen-bond donors (Lipinski definition) is 2. The number of fused-ring (bicyclic) bond motifs is 1. The minimum atomic E-state index is 0.0797. The van der Waals surface area contributed by atoms with Crippen molar-refractivity contribution in [2.24, 2.45) is 0 Å². The highest BCUT2D eigenvalue weighted by atomic mass is 32.2. The number of amides is 1. The van der Waals surface area contributed by atoms with E-state index in [1.165, 1.54) is 5.39 Å². The summed E-state index contributed by atoms with van der Waals surface area (Å²) < 4.78 is 0. The van der Waals surface area contributed by atoms with Gasteiger partial charge in [0.1, 0.15) is 0 Å². The minimum absolute atomic E-state index is 0.0797. The van der Waals surface area contributed by atoms with Crippen LogP contribution >= 0.6 is 11.8 Å². The van der Waals surface area contributed by atoms with E-state index < -0.39 is 0 Å². The van der Waals surface area contributed by atoms with E-state index in [-0.39, 0.29) is 5.91 Å². The molecule has 2 heterocycles. The smallest absolute Gasteiger partial charge is 0.235 e. The number of carbonyl (C=O) groups excluding carboxylic acids is 1. The van der Waals surface area contributed by atoms with Crippen molar-refractivity contribution in [2.75, 3.05) is 5.75 Å². The van der Waals surface area contributed by atoms with Crippen LogP contribution in [0.15, 0.2) is 35.5 Å². The fourth-order valence-electron chi connectivity index (χ4n) is 1.79. The molecule has 2 N–H and O–H groups in total. The van der Waals surface area contributed by atoms with Crippen LogP contribution in [0.1, 0.15) is 5.56 Å². The third kappa shape index (κ3) is 1.61. The Kier molecular flexibility index (Phi) is 2.22. The molecule has 0 bridgehead atoms. The molecule has 1 aromatic heterocycles. The van der Waals surface area contributed by atoms with Crippen LogP contribution in [-0.2, 0) is 4.79 Å². The van der Waals surface area contributed by atoms with Crippen molar-refractivity contribution in [2.45, 2.75) is 0 Å². The molecule has 1 aliphatic rings. The van der Waals surface area contributed by atoms with E-state index in [2.05, 4.69) is 16.4 Å². The molecule has 0 spiro atoms. The van der Waals surface area contributed by atoms with E-state index in [1.807, 2.05) is 30.5 Å². The van der Waals surface area contributed by atoms with Gasteiger partial charge in [-0.1, -0.05) is 30.0 Å². The zero-order valence-corrected chi connectivity index (χ0v) is 9.30. The molecule has 0 atom stereocenters. The van der Waals surface area contributed by atoms with Crippen LogP contribution in [0, 0.1) is 0 Å². The summed E-state index contributed by atoms with van der Waals surface area (Å²) in [7, 11) is 0. The molecule has 80 valence electrons. The summed E-state index contributed by atoms with van der Waals surface area (Å²) in [6, 6.07) is 8.12. The first-order valence-electron chi connectivity index (χ1n) is 5.03. The lowest BCUT2D eigenvalue weighted by molar-refractivity contribution is -0.117. The summed E-state index contributed by atoms with van der Waals surface area (Å²) in [5.41, 5.74) is 2.23. The molecule has 0 radical (unpaired) electrons. The topological polar surface area (TPSA) is 44.9 Å². The molecule has 1 saturated heterocycles. The molecular weight excluding hydrogens is 220 g/mol. The lowest BCUT2D eigenvalue weighted by Gasteiger charge is -1.95. The van der Waals surface area contributed by atoms with Gasteiger partial charge >= 0.3 is 0 Å². The van der Waals surface area contributed by atoms with Crippen LogP contribution in [0.3, 0.4) is 0 Å². The van der Waals surface area contributed by atoms with Crippen LogP contribution in [0.4, 0.5) is 0 Å². The zero-order valence-electron chi connectivity index (χ0n) is 8.49. The predicted molar refractivity (Wildman–Crippen MR) is 66.9 cm³/mol. The van der Waals surface area contributed by atoms with E-state index in [9.17, 15) is 4.79 Å². The number of rotatable bonds is 1. The minimum Gasteiger partial charge on any atom is -0.361 e. The number of aromatic nitrogens is 1. The van der Waals surface area contributed by atoms with Gasteiger partial charge in [0.05, 0.1) is 10.8 Å². The second-order valence-electron chi connectivity index (χ2n) is 3.64. The molecule has 0 saturated carbocycles. The quantitative estimate of drug-likeness (QED) is 0.789. The van der Waals surface area contributed by atoms with Crippen molar-refractivity contribution >= 4 is 34.6 Å². The van der Waals surface area contributed by atoms with E-state index in [4.69, 9.17) is 0 Å². The van der Waals surface area contributed by atoms with Crippen LogP contribution < -0.4 is 5.32 Å². The lowest BCUT2D eigenvalue weighted by atomic mass is 10.2. The van der Waals surface area contributed by atoms with Crippen LogP contribution in [-0.4, -0.2) is 16.6 Å². The molecule has 1 fully saturated rings. The van der Waals surface area contributed by atoms with Crippen LogP contribution in [0.2, 0.25) is 0 Å². The largest absolute Gasteiger partial charge is 0.361 e. The summed E-state index contributed by atoms with van der Waals surface area (Å²) in [5, 5.41) is 4.93. The third-order valence-corrected chi connectivity index (χ3v) is 3.47. The molecule has 2 aromatic rings. The number of hydrogen-bond acceptors (Lipinski definition) is 2. The first kappa shape index (κ1) is 9.54. The molecule has 1 aromatic carbocycles. The van der Waals surface area contributed by atoms with Gasteiger partial charge in [0.2, 0.25) is 5.91 Å². The summed E-state index contributed by atoms with van der Waals surface area (Å²) >= 11 is 1.54. The lowest BCUT2D eigenvalue weighted by Crippen LogP contribution is -2.13. The van der Waals surface area contributed by atoms with Crippen molar-refractivity contribution in [3.63, 3.8) is 0 Å². The Bertz CT molecular complexity index is 585. The zero-order chi connectivity index (χ0) is 11.0. The maximum absolute atomic E-state index is 11.1. The third-order valence-electron chi connectivity index (χ3n) is 2.53. The normalized spacial score (nSPS) is 18.2. The molecule has 0 aliphatic carbocycles. The van der Waals surface area contributed by atoms with Crippen molar-refractivity contribution in [1.82, 2.24) is 10.3 Å². The first-order chi connectivity index (χ1) is 7.83. The number of para-hydroxylation sites is 1. The Morgan fingerprint density at radius 3 is 3.00 bits per heavy atom. The summed E-state index contributed by atoms with van der Waals surface area (Å²) in [4.78, 5) is 14.3. The highest BCUT2D eigenvalue weighted by Crippen LogP contribution is 2.25. The Morgan fingerprint density at radius 1 is 1.31 bits per heavy atom. The predicted octanol–water partition coefficient (Wildman–Crippen LogP) is 2.33. The molecule has 3 nitrogen and oxygen atoms in total. The van der Waals surface area contributed by atoms with E-state index >= 15 is 0 Å². The maximum atomic E-state index is 11.1. The van der Waals surface area contributed by atoms with Gasteiger partial charge in [0.25, 0.3) is 0 Å². The van der Waals surface area contributed by atoms with Crippen molar-refractivity contribution < 1.29 is 4.79 Å². The SMILES string of the molecule is O=C1CSC(=Cc2c[nH]c3ccccc23)N1. The first-order valence-corrected chi connectivity index (χ1v) is 6.02. The van der Waals surface area contributed by atoms with Gasteiger partial charge < -0.3 is 10.3 Å². The van der Waals surface area contributed by atoms with E-state index in [1.54, 1.807) is 11.8 Å². The average molecular weight is 230 g/mol. The Morgan fingerprint density at radius 2 is 2.19 bits per heavy atom. The second kappa shape index (κ2) is 3.72. The maximum Gasteiger partial charge on any atom is 0.235 e. The molecule has 16 heavy (non-hydrogen) atoms. The van der Waals surface area contributed by atoms with Gasteiger partial charge in [0.15, 0.2) is 0 Å². The fraction of sp³-hybridized carbons (Fsp3) is 0.0833. The van der Waals surface area contributed by atoms with Gasteiger partial charge in [-0.25, -0.2) is 0 Å². The van der Waals surface area contributed by atoms with Crippen molar-refractivity contribution in [1.29, 1.82) is 0 Å². The summed E-state index contributed by atoms with van der Waals surface area (Å²) in [6.07, 6.45) is 3.97. The number of thioether (sulfide) groups is 1. The average Bonchev–Trinajstić information content (AvgIpc) is 2.87. The molecule has 1 amide bonds. The monoisotopic (exact) mass is 230 g/mol. The van der Waals surface area contributed by atoms with Gasteiger partial charge in [-0.05, 0) is 12.1 Å². The number of H-pyrrole nitrogens is 1. The second-order valence-corrected chi connectivity index (χ2v) is 4.65. The van der Waals surface area contributed by atoms with Gasteiger partial charge in [-0.3, -0.25) is 4.79 Å². The molecule has 0 unspecified atom stereocenters. The van der Waals surface area contributed by atoms with Crippen molar-refractivity contribution in [3.05, 3.63) is 41.1 Å². The highest BCUT2D eigenvalue weighted by Gasteiger charge is 2.15. The van der Waals surface area contributed by atoms with Crippen LogP contribution in [0.5, 0.6) is 0 Å². The number of aromatic amines is 1. The van der Waals surface area contributed by atoms with Gasteiger partial charge in [-0.15, -0.1) is 0 Å². The fourth-order valence-corrected chi connectivity index (χ4v) is 2.54. The number of carbonyl (C=O) groups is 1. The number of benzene rings is 1. The molecule has 1 aliphatic heterocycles. The van der Waals surface area contributed by atoms with E-state index in [0.717, 1.165) is 16.1 Å². The standard InChI is InChI=1S/C12H10N2OS/c15-11-7-16-12(14-11)5-8-6-13-10-4-2-1-3-9(8)10/h1-6,13H,7H2,(H,14,15). The Hall–Kier alpha value is -1.68. The number of nitrogens with one attached hydrogen (secondary N) is 2. The molecule has 3 rings (SSSR count).